The average Bonchev–Trinajstić information content (AvgIpc) is 3.44. The van der Waals surface area contributed by atoms with Gasteiger partial charge in [0.1, 0.15) is 24.1 Å². The molecule has 1 aromatic carbocycles. The maximum absolute atomic E-state index is 12.3. The van der Waals surface area contributed by atoms with Crippen molar-refractivity contribution in [2.24, 2.45) is 0 Å². The number of aromatic amines is 1. The van der Waals surface area contributed by atoms with Gasteiger partial charge in [0.2, 0.25) is 5.88 Å². The summed E-state index contributed by atoms with van der Waals surface area (Å²) in [4.78, 5) is 27.0. The lowest BCUT2D eigenvalue weighted by Crippen LogP contribution is -2.37. The summed E-state index contributed by atoms with van der Waals surface area (Å²) in [6.07, 6.45) is -0.589. The van der Waals surface area contributed by atoms with Crippen molar-refractivity contribution in [1.29, 1.82) is 0 Å². The monoisotopic (exact) mass is 475 g/mol. The van der Waals surface area contributed by atoms with Crippen LogP contribution in [0.3, 0.4) is 0 Å². The van der Waals surface area contributed by atoms with Gasteiger partial charge in [0.15, 0.2) is 0 Å². The molecule has 0 fully saturated rings. The number of amides is 1. The Labute approximate surface area is 196 Å². The number of fused-ring (bicyclic) bond motifs is 1. The lowest BCUT2D eigenvalue weighted by molar-refractivity contribution is -0.143. The average molecular weight is 476 g/mol. The number of H-pyrrole nitrogens is 1. The van der Waals surface area contributed by atoms with E-state index in [1.165, 1.54) is 0 Å². The number of ether oxygens (including phenoxy) is 2. The molecule has 0 bridgehead atoms. The largest absolute Gasteiger partial charge is 0.473 e. The molecule has 2 heterocycles. The summed E-state index contributed by atoms with van der Waals surface area (Å²) < 4.78 is 18.9. The van der Waals surface area contributed by atoms with Crippen LogP contribution in [0.25, 0.3) is 10.9 Å². The van der Waals surface area contributed by atoms with E-state index in [1.807, 2.05) is 37.3 Å². The predicted octanol–water partition coefficient (Wildman–Crippen LogP) is 1.84. The highest BCUT2D eigenvalue weighted by atomic mass is 32.1. The second-order valence-electron chi connectivity index (χ2n) is 7.56. The van der Waals surface area contributed by atoms with Crippen LogP contribution in [0.2, 0.25) is 0 Å². The van der Waals surface area contributed by atoms with Crippen molar-refractivity contribution in [2.45, 2.75) is 32.3 Å². The van der Waals surface area contributed by atoms with E-state index in [9.17, 15) is 14.7 Å². The molecule has 3 aromatic rings. The first kappa shape index (κ1) is 24.6. The molecule has 0 saturated carbocycles. The van der Waals surface area contributed by atoms with Crippen LogP contribution in [-0.4, -0.2) is 69.7 Å². The van der Waals surface area contributed by atoms with Crippen molar-refractivity contribution in [3.8, 4) is 5.88 Å². The smallest absolute Gasteiger partial charge is 0.306 e. The van der Waals surface area contributed by atoms with Gasteiger partial charge in [0.25, 0.3) is 5.91 Å². The number of nitrogens with one attached hydrogen (secondary N) is 3. The molecule has 3 rings (SSSR count). The van der Waals surface area contributed by atoms with Gasteiger partial charge in [-0.25, -0.2) is 0 Å². The third-order valence-corrected chi connectivity index (χ3v) is 5.41. The fraction of sp³-hybridized carbons (Fsp3) is 0.455. The Morgan fingerprint density at radius 2 is 2.06 bits per heavy atom. The van der Waals surface area contributed by atoms with Crippen LogP contribution in [0, 0.1) is 0 Å². The summed E-state index contributed by atoms with van der Waals surface area (Å²) in [6.45, 7) is 5.15. The minimum atomic E-state index is -0.774. The van der Waals surface area contributed by atoms with Crippen molar-refractivity contribution < 1.29 is 24.2 Å². The Balaban J connectivity index is 1.33. The van der Waals surface area contributed by atoms with E-state index in [2.05, 4.69) is 24.4 Å². The van der Waals surface area contributed by atoms with Crippen LogP contribution < -0.4 is 15.4 Å². The predicted molar refractivity (Wildman–Crippen MR) is 125 cm³/mol. The quantitative estimate of drug-likeness (QED) is 0.217. The van der Waals surface area contributed by atoms with E-state index in [1.54, 1.807) is 6.92 Å². The molecule has 178 valence electrons. The van der Waals surface area contributed by atoms with E-state index >= 15 is 0 Å². The molecule has 33 heavy (non-hydrogen) atoms. The van der Waals surface area contributed by atoms with Crippen molar-refractivity contribution in [3.63, 3.8) is 0 Å². The van der Waals surface area contributed by atoms with Gasteiger partial charge >= 0.3 is 5.97 Å². The molecule has 0 aliphatic heterocycles. The summed E-state index contributed by atoms with van der Waals surface area (Å²) in [5.41, 5.74) is 2.00. The number of carbonyl (C=O) groups is 2. The lowest BCUT2D eigenvalue weighted by Gasteiger charge is -2.14. The Hall–Kier alpha value is -3.02. The zero-order valence-corrected chi connectivity index (χ0v) is 19.5. The normalized spacial score (nSPS) is 12.9. The number of aliphatic hydroxyl groups excluding tert-OH is 1. The lowest BCUT2D eigenvalue weighted by atomic mass is 10.0. The second-order valence-corrected chi connectivity index (χ2v) is 8.09. The van der Waals surface area contributed by atoms with Crippen molar-refractivity contribution in [3.05, 3.63) is 41.7 Å². The highest BCUT2D eigenvalue weighted by molar-refractivity contribution is 6.99. The van der Waals surface area contributed by atoms with Gasteiger partial charge in [-0.1, -0.05) is 25.1 Å². The van der Waals surface area contributed by atoms with Gasteiger partial charge in [0, 0.05) is 36.5 Å². The SMILES string of the molecule is CCOC(=O)CC(C)c1nsnc1OCC(O)CNCCNC(=O)c1cc2ccccc2[nH]1. The summed E-state index contributed by atoms with van der Waals surface area (Å²) in [5, 5.41) is 17.1. The number of hydrogen-bond acceptors (Lipinski definition) is 9. The van der Waals surface area contributed by atoms with Crippen LogP contribution in [0.4, 0.5) is 0 Å². The van der Waals surface area contributed by atoms with Crippen molar-refractivity contribution in [2.75, 3.05) is 32.8 Å². The molecule has 2 aromatic heterocycles. The standard InChI is InChI=1S/C22H29N5O5S/c1-3-31-19(29)10-14(2)20-22(27-33-26-20)32-13-16(28)12-23-8-9-24-21(30)18-11-15-6-4-5-7-17(15)25-18/h4-7,11,14,16,23,25,28H,3,8-10,12-13H2,1-2H3,(H,24,30). The highest BCUT2D eigenvalue weighted by Crippen LogP contribution is 2.27. The van der Waals surface area contributed by atoms with Crippen molar-refractivity contribution >= 4 is 34.5 Å². The third kappa shape index (κ3) is 7.24. The zero-order chi connectivity index (χ0) is 23.6. The molecule has 10 nitrogen and oxygen atoms in total. The van der Waals surface area contributed by atoms with E-state index in [-0.39, 0.29) is 37.4 Å². The molecule has 0 spiro atoms. The number of nitrogens with zero attached hydrogens (tertiary/aromatic N) is 2. The minimum Gasteiger partial charge on any atom is -0.473 e. The molecule has 0 aliphatic carbocycles. The maximum Gasteiger partial charge on any atom is 0.306 e. The van der Waals surface area contributed by atoms with Gasteiger partial charge in [-0.05, 0) is 19.1 Å². The van der Waals surface area contributed by atoms with Gasteiger partial charge < -0.3 is 30.2 Å². The van der Waals surface area contributed by atoms with Gasteiger partial charge in [0.05, 0.1) is 24.8 Å². The number of hydrogen-bond donors (Lipinski definition) is 4. The Kier molecular flexibility index (Phi) is 9.16. The highest BCUT2D eigenvalue weighted by Gasteiger charge is 2.21. The molecule has 2 atom stereocenters. The topological polar surface area (TPSA) is 138 Å². The van der Waals surface area contributed by atoms with E-state index < -0.39 is 6.10 Å². The van der Waals surface area contributed by atoms with E-state index in [0.717, 1.165) is 22.6 Å². The van der Waals surface area contributed by atoms with Gasteiger partial charge in [-0.15, -0.1) is 4.37 Å². The molecule has 0 radical (unpaired) electrons. The van der Waals surface area contributed by atoms with Crippen LogP contribution in [-0.2, 0) is 9.53 Å². The summed E-state index contributed by atoms with van der Waals surface area (Å²) in [7, 11) is 0. The van der Waals surface area contributed by atoms with Crippen molar-refractivity contribution in [1.82, 2.24) is 24.4 Å². The second kappa shape index (κ2) is 12.3. The van der Waals surface area contributed by atoms with Gasteiger partial charge in [-0.3, -0.25) is 9.59 Å². The first-order valence-corrected chi connectivity index (χ1v) is 11.6. The molecule has 4 N–H and O–H groups in total. The fourth-order valence-corrected chi connectivity index (χ4v) is 3.82. The van der Waals surface area contributed by atoms with E-state index in [0.29, 0.717) is 37.0 Å². The fourth-order valence-electron chi connectivity index (χ4n) is 3.21. The Bertz CT molecular complexity index is 1020. The number of esters is 1. The molecule has 0 saturated heterocycles. The van der Waals surface area contributed by atoms with E-state index in [4.69, 9.17) is 9.47 Å². The number of aromatic nitrogens is 3. The number of para-hydroxylation sites is 1. The van der Waals surface area contributed by atoms with Crippen LogP contribution in [0.1, 0.15) is 42.4 Å². The van der Waals surface area contributed by atoms with Crippen LogP contribution in [0.5, 0.6) is 5.88 Å². The Morgan fingerprint density at radius 3 is 2.85 bits per heavy atom. The molecule has 11 heteroatoms. The maximum atomic E-state index is 12.3. The third-order valence-electron chi connectivity index (χ3n) is 4.88. The number of carbonyl (C=O) groups excluding carboxylic acids is 2. The Morgan fingerprint density at radius 1 is 1.24 bits per heavy atom. The van der Waals surface area contributed by atoms with Gasteiger partial charge in [-0.2, -0.15) is 4.37 Å². The molecule has 1 amide bonds. The van der Waals surface area contributed by atoms with Crippen LogP contribution in [0.15, 0.2) is 30.3 Å². The number of aliphatic hydroxyl groups is 1. The molecule has 2 unspecified atom stereocenters. The summed E-state index contributed by atoms with van der Waals surface area (Å²) in [5.74, 6) is -0.363. The first-order chi connectivity index (χ1) is 16.0. The van der Waals surface area contributed by atoms with Crippen LogP contribution >= 0.6 is 11.7 Å². The number of benzene rings is 1. The molecular formula is C22H29N5O5S. The molecular weight excluding hydrogens is 446 g/mol. The number of rotatable bonds is 13. The zero-order valence-electron chi connectivity index (χ0n) is 18.7. The molecule has 0 aliphatic rings. The summed E-state index contributed by atoms with van der Waals surface area (Å²) >= 11 is 0.996. The first-order valence-electron chi connectivity index (χ1n) is 10.8. The summed E-state index contributed by atoms with van der Waals surface area (Å²) in [6, 6.07) is 9.51. The minimum absolute atomic E-state index is 0.0267.